The Morgan fingerprint density at radius 1 is 1.45 bits per heavy atom. The summed E-state index contributed by atoms with van der Waals surface area (Å²) in [6.45, 7) is 1.13. The Morgan fingerprint density at radius 3 is 2.18 bits per heavy atom. The Bertz CT molecular complexity index is 213. The maximum absolute atomic E-state index is 12.5. The monoisotopic (exact) mass is 187 g/mol. The summed E-state index contributed by atoms with van der Waals surface area (Å²) in [6, 6.07) is 0. The average molecular weight is 187 g/mol. The lowest BCUT2D eigenvalue weighted by Crippen LogP contribution is -2.39. The van der Waals surface area contributed by atoms with E-state index >= 15 is 0 Å². The highest BCUT2D eigenvalue weighted by atomic mass is 32.2. The molecule has 0 atom stereocenters. The lowest BCUT2D eigenvalue weighted by atomic mass is 10.6. The number of hydrogen-bond acceptors (Lipinski definition) is 3. The Balaban J connectivity index is 4.24. The minimum atomic E-state index is -4.27. The summed E-state index contributed by atoms with van der Waals surface area (Å²) in [4.78, 5) is 0. The molecule has 11 heavy (non-hydrogen) atoms. The highest BCUT2D eigenvalue weighted by Crippen LogP contribution is 2.18. The first kappa shape index (κ1) is 10.8. The third-order valence-corrected chi connectivity index (χ3v) is 2.35. The number of nitrogens with one attached hydrogen (secondary N) is 1. The number of halogens is 2. The van der Waals surface area contributed by atoms with Crippen LogP contribution in [-0.4, -0.2) is 33.0 Å². The molecule has 68 valence electrons. The lowest BCUT2D eigenvalue weighted by Gasteiger charge is -2.13. The summed E-state index contributed by atoms with van der Waals surface area (Å²) < 4.78 is 45.7. The number of rotatable bonds is 4. The van der Waals surface area contributed by atoms with Crippen molar-refractivity contribution < 1.29 is 17.2 Å². The van der Waals surface area contributed by atoms with Gasteiger partial charge in [0.25, 0.3) is 0 Å². The van der Waals surface area contributed by atoms with E-state index in [0.717, 1.165) is 0 Å². The van der Waals surface area contributed by atoms with E-state index < -0.39 is 21.6 Å². The SMILES string of the molecule is CCNCC(F)(F)S(C)(=O)=O. The molecule has 0 saturated heterocycles. The second-order valence-corrected chi connectivity index (χ2v) is 4.33. The van der Waals surface area contributed by atoms with Gasteiger partial charge in [-0.3, -0.25) is 0 Å². The number of alkyl halides is 2. The molecule has 0 unspecified atom stereocenters. The smallest absolute Gasteiger partial charge is 0.311 e. The molecule has 0 aromatic heterocycles. The molecular formula is C5H11F2NO2S. The molecule has 1 N–H and O–H groups in total. The maximum Gasteiger partial charge on any atom is 0.357 e. The third-order valence-electron chi connectivity index (χ3n) is 1.12. The Kier molecular flexibility index (Phi) is 3.37. The molecule has 0 aromatic carbocycles. The van der Waals surface area contributed by atoms with E-state index in [0.29, 0.717) is 12.8 Å². The third kappa shape index (κ3) is 3.11. The van der Waals surface area contributed by atoms with Gasteiger partial charge in [0.15, 0.2) is 0 Å². The fourth-order valence-electron chi connectivity index (χ4n) is 0.402. The normalized spacial score (nSPS) is 13.5. The number of hydrogen-bond donors (Lipinski definition) is 1. The van der Waals surface area contributed by atoms with E-state index in [-0.39, 0.29) is 0 Å². The molecular weight excluding hydrogens is 176 g/mol. The molecule has 0 spiro atoms. The van der Waals surface area contributed by atoms with Crippen molar-refractivity contribution in [3.63, 3.8) is 0 Å². The first-order valence-corrected chi connectivity index (χ1v) is 4.98. The van der Waals surface area contributed by atoms with Gasteiger partial charge in [0.05, 0.1) is 6.54 Å². The van der Waals surface area contributed by atoms with E-state index in [2.05, 4.69) is 5.32 Å². The summed E-state index contributed by atoms with van der Waals surface area (Å²) in [5.74, 6) is 0. The molecule has 0 aliphatic rings. The minimum absolute atomic E-state index is 0.325. The quantitative estimate of drug-likeness (QED) is 0.685. The van der Waals surface area contributed by atoms with Crippen molar-refractivity contribution in [1.82, 2.24) is 5.32 Å². The standard InChI is InChI=1S/C5H11F2NO2S/c1-3-8-4-5(6,7)11(2,9)10/h8H,3-4H2,1-2H3. The van der Waals surface area contributed by atoms with Gasteiger partial charge in [0, 0.05) is 6.26 Å². The first-order chi connectivity index (χ1) is 4.81. The fraction of sp³-hybridized carbons (Fsp3) is 1.00. The van der Waals surface area contributed by atoms with E-state index in [4.69, 9.17) is 0 Å². The van der Waals surface area contributed by atoms with Gasteiger partial charge in [-0.25, -0.2) is 8.42 Å². The summed E-state index contributed by atoms with van der Waals surface area (Å²) in [6.07, 6.45) is 0.518. The van der Waals surface area contributed by atoms with Crippen molar-refractivity contribution in [1.29, 1.82) is 0 Å². The van der Waals surface area contributed by atoms with E-state index in [1.165, 1.54) is 0 Å². The van der Waals surface area contributed by atoms with Crippen LogP contribution in [0.2, 0.25) is 0 Å². The first-order valence-electron chi connectivity index (χ1n) is 3.09. The van der Waals surface area contributed by atoms with Crippen LogP contribution in [-0.2, 0) is 9.84 Å². The van der Waals surface area contributed by atoms with Crippen LogP contribution < -0.4 is 5.32 Å². The molecule has 0 radical (unpaired) electrons. The predicted octanol–water partition coefficient (Wildman–Crippen LogP) is 0.233. The highest BCUT2D eigenvalue weighted by molar-refractivity contribution is 7.91. The largest absolute Gasteiger partial charge is 0.357 e. The molecule has 0 aliphatic carbocycles. The van der Waals surface area contributed by atoms with Crippen molar-refractivity contribution in [2.24, 2.45) is 0 Å². The summed E-state index contributed by atoms with van der Waals surface area (Å²) >= 11 is 0. The van der Waals surface area contributed by atoms with Gasteiger partial charge < -0.3 is 5.32 Å². The predicted molar refractivity (Wildman–Crippen MR) is 38.3 cm³/mol. The van der Waals surface area contributed by atoms with Gasteiger partial charge in [-0.05, 0) is 6.54 Å². The van der Waals surface area contributed by atoms with Gasteiger partial charge in [-0.1, -0.05) is 6.92 Å². The van der Waals surface area contributed by atoms with Crippen molar-refractivity contribution >= 4 is 9.84 Å². The fourth-order valence-corrected chi connectivity index (χ4v) is 0.766. The van der Waals surface area contributed by atoms with Crippen molar-refractivity contribution in [2.45, 2.75) is 12.2 Å². The van der Waals surface area contributed by atoms with Gasteiger partial charge in [0.2, 0.25) is 9.84 Å². The van der Waals surface area contributed by atoms with Crippen LogP contribution in [0.4, 0.5) is 8.78 Å². The molecule has 0 amide bonds. The highest BCUT2D eigenvalue weighted by Gasteiger charge is 2.40. The molecule has 0 fully saturated rings. The Hall–Kier alpha value is -0.230. The van der Waals surface area contributed by atoms with Crippen LogP contribution in [0.5, 0.6) is 0 Å². The zero-order valence-corrected chi connectivity index (χ0v) is 7.21. The van der Waals surface area contributed by atoms with E-state index in [1.54, 1.807) is 6.92 Å². The van der Waals surface area contributed by atoms with Crippen molar-refractivity contribution in [3.05, 3.63) is 0 Å². The molecule has 0 bridgehead atoms. The molecule has 3 nitrogen and oxygen atoms in total. The second kappa shape index (κ2) is 3.44. The van der Waals surface area contributed by atoms with Gasteiger partial charge >= 0.3 is 5.25 Å². The van der Waals surface area contributed by atoms with Gasteiger partial charge in [0.1, 0.15) is 0 Å². The van der Waals surface area contributed by atoms with E-state index in [1.807, 2.05) is 0 Å². The van der Waals surface area contributed by atoms with Crippen LogP contribution in [0, 0.1) is 0 Å². The van der Waals surface area contributed by atoms with Gasteiger partial charge in [-0.15, -0.1) is 0 Å². The van der Waals surface area contributed by atoms with Crippen molar-refractivity contribution in [3.8, 4) is 0 Å². The summed E-state index contributed by atoms with van der Waals surface area (Å²) in [5.41, 5.74) is 0. The summed E-state index contributed by atoms with van der Waals surface area (Å²) in [5, 5.41) is -1.38. The lowest BCUT2D eigenvalue weighted by molar-refractivity contribution is 0.0926. The minimum Gasteiger partial charge on any atom is -0.311 e. The van der Waals surface area contributed by atoms with Crippen LogP contribution in [0.25, 0.3) is 0 Å². The molecule has 0 aliphatic heterocycles. The zero-order chi connectivity index (χ0) is 9.12. The van der Waals surface area contributed by atoms with Crippen LogP contribution in [0.1, 0.15) is 6.92 Å². The van der Waals surface area contributed by atoms with Gasteiger partial charge in [-0.2, -0.15) is 8.78 Å². The van der Waals surface area contributed by atoms with Crippen LogP contribution in [0.3, 0.4) is 0 Å². The topological polar surface area (TPSA) is 46.2 Å². The van der Waals surface area contributed by atoms with Crippen LogP contribution >= 0.6 is 0 Å². The Morgan fingerprint density at radius 2 is 1.91 bits per heavy atom. The molecule has 0 heterocycles. The zero-order valence-electron chi connectivity index (χ0n) is 6.39. The van der Waals surface area contributed by atoms with E-state index in [9.17, 15) is 17.2 Å². The summed E-state index contributed by atoms with van der Waals surface area (Å²) in [7, 11) is -4.27. The maximum atomic E-state index is 12.5. The Labute approximate surface area is 64.7 Å². The molecule has 0 rings (SSSR count). The molecule has 0 saturated carbocycles. The number of sulfone groups is 1. The second-order valence-electron chi connectivity index (χ2n) is 2.19. The molecule has 6 heteroatoms. The average Bonchev–Trinajstić information content (AvgIpc) is 1.81. The molecule has 0 aromatic rings. The van der Waals surface area contributed by atoms with Crippen LogP contribution in [0.15, 0.2) is 0 Å². The van der Waals surface area contributed by atoms with Crippen molar-refractivity contribution in [2.75, 3.05) is 19.3 Å².